The largest absolute Gasteiger partial charge is 0.284 e. The predicted octanol–water partition coefficient (Wildman–Crippen LogP) is 2.15. The number of aromatic nitrogens is 1. The van der Waals surface area contributed by atoms with Gasteiger partial charge in [0.15, 0.2) is 0 Å². The molecule has 1 aromatic heterocycles. The highest BCUT2D eigenvalue weighted by Crippen LogP contribution is 2.04. The molecule has 0 bridgehead atoms. The summed E-state index contributed by atoms with van der Waals surface area (Å²) in [4.78, 5) is 11.6. The normalized spacial score (nSPS) is 11.1. The van der Waals surface area contributed by atoms with Gasteiger partial charge in [-0.1, -0.05) is 24.2 Å². The van der Waals surface area contributed by atoms with Gasteiger partial charge in [0.1, 0.15) is 0 Å². The molecule has 0 aliphatic carbocycles. The Kier molecular flexibility index (Phi) is 1.89. The minimum absolute atomic E-state index is 0.170. The van der Waals surface area contributed by atoms with E-state index in [1.165, 1.54) is 6.07 Å². The van der Waals surface area contributed by atoms with Crippen molar-refractivity contribution >= 4 is 0 Å². The molecule has 14 heavy (non-hydrogen) atoms. The standard InChI is InChI=1S/C12H11NO/c1-10-7-8-12(14)13(9-10)11-5-3-2-4-6-11/h2-9H,1H3/i7D. The molecule has 0 radical (unpaired) electrons. The van der Waals surface area contributed by atoms with Crippen molar-refractivity contribution in [1.82, 2.24) is 4.57 Å². The van der Waals surface area contributed by atoms with Crippen LogP contribution in [0, 0.1) is 6.92 Å². The molecular weight excluding hydrogens is 174 g/mol. The molecule has 2 nitrogen and oxygen atoms in total. The van der Waals surface area contributed by atoms with Crippen molar-refractivity contribution in [2.75, 3.05) is 0 Å². The second-order valence-electron chi connectivity index (χ2n) is 3.14. The first-order valence-corrected chi connectivity index (χ1v) is 4.44. The number of aryl methyl sites for hydroxylation is 1. The zero-order valence-electron chi connectivity index (χ0n) is 8.90. The highest BCUT2D eigenvalue weighted by molar-refractivity contribution is 5.32. The minimum Gasteiger partial charge on any atom is -0.284 e. The second-order valence-corrected chi connectivity index (χ2v) is 3.14. The lowest BCUT2D eigenvalue weighted by atomic mass is 10.3. The molecule has 70 valence electrons. The van der Waals surface area contributed by atoms with Crippen LogP contribution >= 0.6 is 0 Å². The van der Waals surface area contributed by atoms with Crippen molar-refractivity contribution in [2.45, 2.75) is 6.92 Å². The Morgan fingerprint density at radius 2 is 1.93 bits per heavy atom. The average Bonchev–Trinajstić information content (AvgIpc) is 2.25. The highest BCUT2D eigenvalue weighted by atomic mass is 16.1. The molecule has 1 aromatic carbocycles. The number of hydrogen-bond acceptors (Lipinski definition) is 1. The number of pyridine rings is 1. The summed E-state index contributed by atoms with van der Waals surface area (Å²) in [7, 11) is 0. The van der Waals surface area contributed by atoms with Crippen LogP contribution in [-0.4, -0.2) is 4.57 Å². The third-order valence-electron chi connectivity index (χ3n) is 2.02. The van der Waals surface area contributed by atoms with E-state index in [2.05, 4.69) is 0 Å². The maximum Gasteiger partial charge on any atom is 0.255 e. The van der Waals surface area contributed by atoms with Gasteiger partial charge < -0.3 is 0 Å². The van der Waals surface area contributed by atoms with Gasteiger partial charge in [0.25, 0.3) is 5.56 Å². The molecule has 0 amide bonds. The molecule has 2 aromatic rings. The number of nitrogens with zero attached hydrogens (tertiary/aromatic N) is 1. The fraction of sp³-hybridized carbons (Fsp3) is 0.0833. The van der Waals surface area contributed by atoms with E-state index >= 15 is 0 Å². The van der Waals surface area contributed by atoms with Gasteiger partial charge in [-0.2, -0.15) is 0 Å². The third kappa shape index (κ3) is 1.59. The molecule has 0 spiro atoms. The quantitative estimate of drug-likeness (QED) is 0.668. The molecule has 0 atom stereocenters. The van der Waals surface area contributed by atoms with E-state index in [1.54, 1.807) is 10.8 Å². The van der Waals surface area contributed by atoms with E-state index in [4.69, 9.17) is 1.37 Å². The Morgan fingerprint density at radius 1 is 1.21 bits per heavy atom. The Hall–Kier alpha value is -1.83. The molecular formula is C12H11NO. The zero-order chi connectivity index (χ0) is 10.8. The van der Waals surface area contributed by atoms with Crippen LogP contribution in [0.3, 0.4) is 0 Å². The first-order chi connectivity index (χ1) is 7.18. The first-order valence-electron chi connectivity index (χ1n) is 4.94. The summed E-state index contributed by atoms with van der Waals surface area (Å²) in [6, 6.07) is 11.0. The van der Waals surface area contributed by atoms with Crippen molar-refractivity contribution in [2.24, 2.45) is 0 Å². The lowest BCUT2D eigenvalue weighted by molar-refractivity contribution is 0.976. The van der Waals surface area contributed by atoms with Gasteiger partial charge >= 0.3 is 0 Å². The van der Waals surface area contributed by atoms with E-state index in [9.17, 15) is 4.79 Å². The van der Waals surface area contributed by atoms with Crippen LogP contribution in [0.1, 0.15) is 6.93 Å². The Morgan fingerprint density at radius 3 is 2.64 bits per heavy atom. The van der Waals surface area contributed by atoms with Gasteiger partial charge in [0.2, 0.25) is 0 Å². The van der Waals surface area contributed by atoms with Crippen molar-refractivity contribution in [3.8, 4) is 5.69 Å². The smallest absolute Gasteiger partial charge is 0.255 e. The van der Waals surface area contributed by atoms with Gasteiger partial charge in [-0.3, -0.25) is 9.36 Å². The lowest BCUT2D eigenvalue weighted by Crippen LogP contribution is -2.16. The summed E-state index contributed by atoms with van der Waals surface area (Å²) < 4.78 is 9.06. The molecule has 0 unspecified atom stereocenters. The van der Waals surface area contributed by atoms with Crippen LogP contribution in [0.2, 0.25) is 0 Å². The molecule has 0 aliphatic rings. The topological polar surface area (TPSA) is 22.0 Å². The van der Waals surface area contributed by atoms with Crippen LogP contribution in [0.4, 0.5) is 0 Å². The fourth-order valence-electron chi connectivity index (χ4n) is 1.33. The van der Waals surface area contributed by atoms with E-state index in [-0.39, 0.29) is 11.6 Å². The average molecular weight is 186 g/mol. The highest BCUT2D eigenvalue weighted by Gasteiger charge is 1.97. The number of rotatable bonds is 1. The van der Waals surface area contributed by atoms with E-state index in [0.29, 0.717) is 0 Å². The summed E-state index contributed by atoms with van der Waals surface area (Å²) in [6.45, 7) is 1.82. The molecule has 0 fully saturated rings. The van der Waals surface area contributed by atoms with Crippen molar-refractivity contribution in [1.29, 1.82) is 0 Å². The summed E-state index contributed by atoms with van der Waals surface area (Å²) in [6.07, 6.45) is 1.69. The molecule has 2 heteroatoms. The van der Waals surface area contributed by atoms with E-state index in [0.717, 1.165) is 11.3 Å². The number of hydrogen-bond donors (Lipinski definition) is 0. The van der Waals surface area contributed by atoms with Crippen LogP contribution in [0.25, 0.3) is 5.69 Å². The second kappa shape index (κ2) is 3.50. The number of benzene rings is 1. The lowest BCUT2D eigenvalue weighted by Gasteiger charge is -2.05. The van der Waals surface area contributed by atoms with Gasteiger partial charge in [-0.05, 0) is 24.6 Å². The monoisotopic (exact) mass is 186 g/mol. The Balaban J connectivity index is 2.65. The molecule has 0 aliphatic heterocycles. The SMILES string of the molecule is [2H]c1cc(=O)n(-c2ccccc2)cc1C. The summed E-state index contributed by atoms with van der Waals surface area (Å²) >= 11 is 0. The summed E-state index contributed by atoms with van der Waals surface area (Å²) in [5, 5.41) is 0. The molecule has 2 rings (SSSR count). The van der Waals surface area contributed by atoms with Gasteiger partial charge in [-0.15, -0.1) is 0 Å². The summed E-state index contributed by atoms with van der Waals surface area (Å²) in [5.41, 5.74) is 1.45. The Labute approximate surface area is 83.8 Å². The fourth-order valence-corrected chi connectivity index (χ4v) is 1.33. The van der Waals surface area contributed by atoms with E-state index < -0.39 is 0 Å². The maximum atomic E-state index is 11.6. The summed E-state index contributed by atoms with van der Waals surface area (Å²) in [5.74, 6) is 0. The van der Waals surface area contributed by atoms with Crippen LogP contribution < -0.4 is 5.56 Å². The Bertz CT molecular complexity index is 531. The first kappa shape index (κ1) is 7.56. The van der Waals surface area contributed by atoms with Crippen LogP contribution in [0.15, 0.2) is 53.4 Å². The van der Waals surface area contributed by atoms with Gasteiger partial charge in [0, 0.05) is 18.0 Å². The molecule has 1 heterocycles. The third-order valence-corrected chi connectivity index (χ3v) is 2.02. The molecule has 0 saturated heterocycles. The van der Waals surface area contributed by atoms with Gasteiger partial charge in [0.05, 0.1) is 1.37 Å². The molecule has 0 N–H and O–H groups in total. The van der Waals surface area contributed by atoms with Crippen molar-refractivity contribution < 1.29 is 1.37 Å². The number of para-hydroxylation sites is 1. The zero-order valence-corrected chi connectivity index (χ0v) is 7.90. The van der Waals surface area contributed by atoms with Gasteiger partial charge in [-0.25, -0.2) is 0 Å². The van der Waals surface area contributed by atoms with Crippen molar-refractivity contribution in [3.05, 3.63) is 64.6 Å². The predicted molar refractivity (Wildman–Crippen MR) is 56.8 cm³/mol. The minimum atomic E-state index is -0.170. The molecule has 0 saturated carbocycles. The van der Waals surface area contributed by atoms with E-state index in [1.807, 2.05) is 37.3 Å². The maximum absolute atomic E-state index is 11.6. The van der Waals surface area contributed by atoms with Crippen molar-refractivity contribution in [3.63, 3.8) is 0 Å². The van der Waals surface area contributed by atoms with Crippen LogP contribution in [0.5, 0.6) is 0 Å². The van der Waals surface area contributed by atoms with Crippen LogP contribution in [-0.2, 0) is 0 Å².